The molecule has 8 heteroatoms. The zero-order valence-electron chi connectivity index (χ0n) is 19.0. The zero-order valence-corrected chi connectivity index (χ0v) is 19.9. The first-order chi connectivity index (χ1) is 16.1. The molecule has 5 unspecified atom stereocenters. The van der Waals surface area contributed by atoms with Crippen molar-refractivity contribution in [1.29, 1.82) is 0 Å². The van der Waals surface area contributed by atoms with Gasteiger partial charge in [-0.1, -0.05) is 43.3 Å². The molecule has 1 N–H and O–H groups in total. The van der Waals surface area contributed by atoms with Gasteiger partial charge in [0.1, 0.15) is 11.5 Å². The second kappa shape index (κ2) is 9.05. The number of fused-ring (bicyclic) bond motifs is 1. The molecule has 5 atom stereocenters. The molecule has 5 rings (SSSR count). The molecular formula is C25H30N2O5S. The van der Waals surface area contributed by atoms with Gasteiger partial charge in [0.15, 0.2) is 0 Å². The number of rotatable bonds is 9. The highest BCUT2D eigenvalue weighted by Crippen LogP contribution is 2.73. The maximum atomic E-state index is 13.4. The number of hydrogen-bond acceptors (Lipinski definition) is 7. The van der Waals surface area contributed by atoms with Crippen molar-refractivity contribution in [3.63, 3.8) is 0 Å². The molecule has 2 bridgehead atoms. The van der Waals surface area contributed by atoms with Crippen LogP contribution in [0.4, 0.5) is 0 Å². The van der Waals surface area contributed by atoms with Crippen molar-refractivity contribution in [2.24, 2.45) is 23.2 Å². The SMILES string of the molecule is CCC1CCC2CC13CC3C2NC(=O)c1onc(OCCC(=O)OC)c1Sc1ccccc1. The van der Waals surface area contributed by atoms with Crippen LogP contribution in [-0.4, -0.2) is 36.8 Å². The van der Waals surface area contributed by atoms with E-state index in [1.807, 2.05) is 30.3 Å². The number of ether oxygens (including phenoxy) is 2. The van der Waals surface area contributed by atoms with E-state index in [1.165, 1.54) is 51.0 Å². The molecule has 0 radical (unpaired) electrons. The van der Waals surface area contributed by atoms with E-state index in [-0.39, 0.29) is 42.6 Å². The highest BCUT2D eigenvalue weighted by atomic mass is 32.2. The van der Waals surface area contributed by atoms with Gasteiger partial charge in [-0.2, -0.15) is 0 Å². The maximum absolute atomic E-state index is 13.4. The van der Waals surface area contributed by atoms with E-state index in [4.69, 9.17) is 9.26 Å². The van der Waals surface area contributed by atoms with E-state index in [0.717, 1.165) is 10.8 Å². The normalized spacial score (nSPS) is 29.3. The lowest BCUT2D eigenvalue weighted by molar-refractivity contribution is -0.141. The maximum Gasteiger partial charge on any atom is 0.308 e. The number of hydrogen-bond donors (Lipinski definition) is 1. The molecule has 0 saturated heterocycles. The molecule has 3 saturated carbocycles. The van der Waals surface area contributed by atoms with Gasteiger partial charge in [0.05, 0.1) is 13.5 Å². The Bertz CT molecular complexity index is 1030. The van der Waals surface area contributed by atoms with E-state index in [9.17, 15) is 9.59 Å². The summed E-state index contributed by atoms with van der Waals surface area (Å²) in [6.45, 7) is 2.39. The third kappa shape index (κ3) is 4.14. The summed E-state index contributed by atoms with van der Waals surface area (Å²) in [5.74, 6) is 1.71. The number of nitrogens with zero attached hydrogens (tertiary/aromatic N) is 1. The summed E-state index contributed by atoms with van der Waals surface area (Å²) in [5.41, 5.74) is 0.459. The van der Waals surface area contributed by atoms with Gasteiger partial charge in [-0.3, -0.25) is 9.59 Å². The van der Waals surface area contributed by atoms with E-state index >= 15 is 0 Å². The van der Waals surface area contributed by atoms with Crippen molar-refractivity contribution in [3.8, 4) is 5.88 Å². The Hall–Kier alpha value is -2.48. The fourth-order valence-corrected chi connectivity index (χ4v) is 7.15. The number of benzene rings is 1. The Morgan fingerprint density at radius 1 is 1.24 bits per heavy atom. The highest BCUT2D eigenvalue weighted by Gasteiger charge is 2.69. The van der Waals surface area contributed by atoms with Crippen LogP contribution in [0.1, 0.15) is 56.0 Å². The standard InChI is InChI=1S/C25H30N2O5S/c1-3-16-10-9-15-13-25(16)14-18(25)20(15)26-23(29)21-22(33-17-7-5-4-6-8-17)24(27-32-21)31-12-11-19(28)30-2/h4-8,15-16,18,20H,3,9-14H2,1-2H3,(H,26,29). The van der Waals surface area contributed by atoms with Crippen molar-refractivity contribution in [2.45, 2.75) is 61.3 Å². The summed E-state index contributed by atoms with van der Waals surface area (Å²) in [6, 6.07) is 9.92. The zero-order chi connectivity index (χ0) is 23.0. The van der Waals surface area contributed by atoms with Crippen LogP contribution >= 0.6 is 11.8 Å². The van der Waals surface area contributed by atoms with Crippen molar-refractivity contribution in [2.75, 3.05) is 13.7 Å². The molecule has 7 nitrogen and oxygen atoms in total. The lowest BCUT2D eigenvalue weighted by atomic mass is 9.73. The lowest BCUT2D eigenvalue weighted by Gasteiger charge is -2.33. The van der Waals surface area contributed by atoms with Gasteiger partial charge in [0.25, 0.3) is 11.8 Å². The number of carbonyl (C=O) groups is 2. The van der Waals surface area contributed by atoms with Gasteiger partial charge in [-0.05, 0) is 66.1 Å². The summed E-state index contributed by atoms with van der Waals surface area (Å²) in [4.78, 5) is 26.3. The van der Waals surface area contributed by atoms with Crippen LogP contribution in [-0.2, 0) is 9.53 Å². The first kappa shape index (κ1) is 22.3. The molecule has 1 aromatic carbocycles. The molecule has 3 fully saturated rings. The number of esters is 1. The van der Waals surface area contributed by atoms with E-state index in [2.05, 4.69) is 22.1 Å². The minimum absolute atomic E-state index is 0.0897. The van der Waals surface area contributed by atoms with Gasteiger partial charge >= 0.3 is 5.97 Å². The summed E-state index contributed by atoms with van der Waals surface area (Å²) in [7, 11) is 1.34. The van der Waals surface area contributed by atoms with E-state index in [1.54, 1.807) is 0 Å². The van der Waals surface area contributed by atoms with Crippen molar-refractivity contribution in [3.05, 3.63) is 36.1 Å². The Kier molecular flexibility index (Phi) is 6.12. The fraction of sp³-hybridized carbons (Fsp3) is 0.560. The molecule has 0 aliphatic heterocycles. The Labute approximate surface area is 197 Å². The Balaban J connectivity index is 1.33. The second-order valence-electron chi connectivity index (χ2n) is 9.43. The highest BCUT2D eigenvalue weighted by molar-refractivity contribution is 7.99. The molecule has 3 aliphatic rings. The number of carbonyl (C=O) groups excluding carboxylic acids is 2. The number of amides is 1. The Morgan fingerprint density at radius 3 is 2.82 bits per heavy atom. The largest absolute Gasteiger partial charge is 0.474 e. The van der Waals surface area contributed by atoms with Crippen LogP contribution in [0.2, 0.25) is 0 Å². The number of aromatic nitrogens is 1. The first-order valence-electron chi connectivity index (χ1n) is 11.8. The van der Waals surface area contributed by atoms with Crippen molar-refractivity contribution in [1.82, 2.24) is 10.5 Å². The average molecular weight is 471 g/mol. The number of methoxy groups -OCH3 is 1. The van der Waals surface area contributed by atoms with Crippen LogP contribution in [0, 0.1) is 23.2 Å². The molecule has 1 amide bonds. The van der Waals surface area contributed by atoms with E-state index < -0.39 is 0 Å². The van der Waals surface area contributed by atoms with Crippen molar-refractivity contribution < 1.29 is 23.6 Å². The molecule has 176 valence electrons. The van der Waals surface area contributed by atoms with Crippen LogP contribution < -0.4 is 10.1 Å². The lowest BCUT2D eigenvalue weighted by Crippen LogP contribution is -2.40. The third-order valence-corrected chi connectivity index (χ3v) is 8.89. The molecule has 1 aromatic heterocycles. The van der Waals surface area contributed by atoms with Crippen molar-refractivity contribution >= 4 is 23.6 Å². The monoisotopic (exact) mass is 470 g/mol. The number of nitrogens with one attached hydrogen (secondary N) is 1. The Morgan fingerprint density at radius 2 is 2.06 bits per heavy atom. The van der Waals surface area contributed by atoms with Crippen LogP contribution in [0.5, 0.6) is 5.88 Å². The average Bonchev–Trinajstić information content (AvgIpc) is 3.30. The second-order valence-corrected chi connectivity index (χ2v) is 10.5. The molecular weight excluding hydrogens is 440 g/mol. The molecule has 1 heterocycles. The first-order valence-corrected chi connectivity index (χ1v) is 12.6. The van der Waals surface area contributed by atoms with Gasteiger partial charge in [-0.25, -0.2) is 0 Å². The summed E-state index contributed by atoms with van der Waals surface area (Å²) in [5, 5.41) is 7.32. The summed E-state index contributed by atoms with van der Waals surface area (Å²) >= 11 is 1.37. The smallest absolute Gasteiger partial charge is 0.308 e. The molecule has 33 heavy (non-hydrogen) atoms. The predicted octanol–water partition coefficient (Wildman–Crippen LogP) is 4.71. The van der Waals surface area contributed by atoms with Gasteiger partial charge < -0.3 is 19.3 Å². The van der Waals surface area contributed by atoms with Crippen LogP contribution in [0.25, 0.3) is 0 Å². The molecule has 2 aromatic rings. The van der Waals surface area contributed by atoms with Crippen LogP contribution in [0.3, 0.4) is 0 Å². The van der Waals surface area contributed by atoms with Gasteiger partial charge in [0, 0.05) is 10.9 Å². The minimum atomic E-state index is -0.371. The van der Waals surface area contributed by atoms with Gasteiger partial charge in [0.2, 0.25) is 5.76 Å². The fourth-order valence-electron chi connectivity index (χ4n) is 6.21. The molecule has 3 aliphatic carbocycles. The topological polar surface area (TPSA) is 90.7 Å². The summed E-state index contributed by atoms with van der Waals surface area (Å²) in [6.07, 6.45) is 6.26. The minimum Gasteiger partial charge on any atom is -0.474 e. The molecule has 1 spiro atoms. The van der Waals surface area contributed by atoms with Crippen LogP contribution in [0.15, 0.2) is 44.6 Å². The van der Waals surface area contributed by atoms with E-state index in [0.29, 0.717) is 22.1 Å². The van der Waals surface area contributed by atoms with Gasteiger partial charge in [-0.15, -0.1) is 0 Å². The summed E-state index contributed by atoms with van der Waals surface area (Å²) < 4.78 is 15.9. The predicted molar refractivity (Wildman–Crippen MR) is 122 cm³/mol. The third-order valence-electron chi connectivity index (χ3n) is 7.81. The quantitative estimate of drug-likeness (QED) is 0.531.